The Morgan fingerprint density at radius 3 is 2.94 bits per heavy atom. The number of aromatic hydroxyl groups is 1. The molecule has 0 amide bonds. The maximum atomic E-state index is 9.37. The lowest BCUT2D eigenvalue weighted by Crippen LogP contribution is -2.03. The van der Waals surface area contributed by atoms with Crippen molar-refractivity contribution in [2.24, 2.45) is 0 Å². The lowest BCUT2D eigenvalue weighted by molar-refractivity contribution is 0.183. The van der Waals surface area contributed by atoms with Gasteiger partial charge in [0, 0.05) is 18.9 Å². The standard InChI is InChI=1S/C13H16N2O2/c1-10-7-12(16)3-4-13(10)11-8-14-15(9-11)5-6-17-2/h3-4,7-9,16H,5-6H2,1-2H3. The molecule has 1 aromatic carbocycles. The van der Waals surface area contributed by atoms with Gasteiger partial charge in [0.2, 0.25) is 0 Å². The highest BCUT2D eigenvalue weighted by Crippen LogP contribution is 2.25. The Morgan fingerprint density at radius 2 is 2.24 bits per heavy atom. The topological polar surface area (TPSA) is 47.3 Å². The summed E-state index contributed by atoms with van der Waals surface area (Å²) in [5.41, 5.74) is 3.18. The van der Waals surface area contributed by atoms with Crippen LogP contribution in [0.1, 0.15) is 5.56 Å². The number of nitrogens with zero attached hydrogens (tertiary/aromatic N) is 2. The third-order valence-corrected chi connectivity index (χ3v) is 2.68. The van der Waals surface area contributed by atoms with E-state index in [1.54, 1.807) is 19.2 Å². The third-order valence-electron chi connectivity index (χ3n) is 2.68. The highest BCUT2D eigenvalue weighted by molar-refractivity contribution is 5.66. The molecule has 0 fully saturated rings. The van der Waals surface area contributed by atoms with E-state index >= 15 is 0 Å². The Kier molecular flexibility index (Phi) is 3.44. The van der Waals surface area contributed by atoms with E-state index in [9.17, 15) is 5.11 Å². The minimum atomic E-state index is 0.290. The number of phenolic OH excluding ortho intramolecular Hbond substituents is 1. The van der Waals surface area contributed by atoms with Crippen molar-refractivity contribution in [3.05, 3.63) is 36.2 Å². The van der Waals surface area contributed by atoms with Crippen LogP contribution in [0.25, 0.3) is 11.1 Å². The van der Waals surface area contributed by atoms with E-state index in [1.165, 1.54) is 0 Å². The smallest absolute Gasteiger partial charge is 0.115 e. The van der Waals surface area contributed by atoms with Gasteiger partial charge < -0.3 is 9.84 Å². The van der Waals surface area contributed by atoms with Crippen molar-refractivity contribution in [1.82, 2.24) is 9.78 Å². The minimum absolute atomic E-state index is 0.290. The Bertz CT molecular complexity index is 506. The van der Waals surface area contributed by atoms with Crippen LogP contribution in [-0.4, -0.2) is 28.6 Å². The molecule has 0 aliphatic heterocycles. The number of methoxy groups -OCH3 is 1. The number of aryl methyl sites for hydroxylation is 1. The Balaban J connectivity index is 2.24. The lowest BCUT2D eigenvalue weighted by atomic mass is 10.0. The number of hydrogen-bond acceptors (Lipinski definition) is 3. The Morgan fingerprint density at radius 1 is 1.41 bits per heavy atom. The quantitative estimate of drug-likeness (QED) is 0.879. The Labute approximate surface area is 100 Å². The van der Waals surface area contributed by atoms with Gasteiger partial charge in [-0.05, 0) is 30.2 Å². The fourth-order valence-electron chi connectivity index (χ4n) is 1.78. The number of ether oxygens (including phenoxy) is 1. The zero-order valence-electron chi connectivity index (χ0n) is 10.1. The molecule has 0 unspecified atom stereocenters. The van der Waals surface area contributed by atoms with Crippen LogP contribution in [0, 0.1) is 6.92 Å². The molecule has 90 valence electrons. The van der Waals surface area contributed by atoms with E-state index in [0.717, 1.165) is 23.2 Å². The maximum Gasteiger partial charge on any atom is 0.115 e. The summed E-state index contributed by atoms with van der Waals surface area (Å²) in [5, 5.41) is 13.6. The summed E-state index contributed by atoms with van der Waals surface area (Å²) in [5.74, 6) is 0.290. The molecule has 1 aromatic heterocycles. The first kappa shape index (κ1) is 11.7. The fraction of sp³-hybridized carbons (Fsp3) is 0.308. The molecular formula is C13H16N2O2. The van der Waals surface area contributed by atoms with Gasteiger partial charge in [-0.1, -0.05) is 6.07 Å². The predicted molar refractivity (Wildman–Crippen MR) is 65.9 cm³/mol. The van der Waals surface area contributed by atoms with Crippen LogP contribution in [0.3, 0.4) is 0 Å². The molecule has 4 heteroatoms. The SMILES string of the molecule is COCCn1cc(-c2ccc(O)cc2C)cn1. The normalized spacial score (nSPS) is 10.7. The molecule has 0 atom stereocenters. The van der Waals surface area contributed by atoms with Crippen molar-refractivity contribution < 1.29 is 9.84 Å². The summed E-state index contributed by atoms with van der Waals surface area (Å²) in [6, 6.07) is 5.35. The highest BCUT2D eigenvalue weighted by Gasteiger charge is 2.05. The number of benzene rings is 1. The molecule has 2 rings (SSSR count). The van der Waals surface area contributed by atoms with E-state index in [4.69, 9.17) is 4.74 Å². The summed E-state index contributed by atoms with van der Waals surface area (Å²) >= 11 is 0. The van der Waals surface area contributed by atoms with Gasteiger partial charge in [0.1, 0.15) is 5.75 Å². The van der Waals surface area contributed by atoms with Crippen molar-refractivity contribution >= 4 is 0 Å². The molecule has 0 spiro atoms. The number of hydrogen-bond donors (Lipinski definition) is 1. The van der Waals surface area contributed by atoms with Gasteiger partial charge in [-0.15, -0.1) is 0 Å². The van der Waals surface area contributed by atoms with Gasteiger partial charge >= 0.3 is 0 Å². The monoisotopic (exact) mass is 232 g/mol. The first-order valence-electron chi connectivity index (χ1n) is 5.52. The van der Waals surface area contributed by atoms with Crippen LogP contribution in [-0.2, 0) is 11.3 Å². The van der Waals surface area contributed by atoms with Crippen molar-refractivity contribution in [3.8, 4) is 16.9 Å². The molecule has 1 N–H and O–H groups in total. The first-order valence-corrected chi connectivity index (χ1v) is 5.52. The van der Waals surface area contributed by atoms with Crippen molar-refractivity contribution in [1.29, 1.82) is 0 Å². The lowest BCUT2D eigenvalue weighted by Gasteiger charge is -2.03. The van der Waals surface area contributed by atoms with E-state index in [2.05, 4.69) is 5.10 Å². The molecule has 0 saturated carbocycles. The summed E-state index contributed by atoms with van der Waals surface area (Å²) in [4.78, 5) is 0. The number of phenols is 1. The molecule has 0 radical (unpaired) electrons. The van der Waals surface area contributed by atoms with Crippen LogP contribution in [0.4, 0.5) is 0 Å². The fourth-order valence-corrected chi connectivity index (χ4v) is 1.78. The predicted octanol–water partition coefficient (Wildman–Crippen LogP) is 2.21. The van der Waals surface area contributed by atoms with Crippen molar-refractivity contribution in [3.63, 3.8) is 0 Å². The molecular weight excluding hydrogens is 216 g/mol. The molecule has 4 nitrogen and oxygen atoms in total. The van der Waals surface area contributed by atoms with Gasteiger partial charge in [0.25, 0.3) is 0 Å². The largest absolute Gasteiger partial charge is 0.508 e. The second-order valence-corrected chi connectivity index (χ2v) is 3.98. The molecule has 0 bridgehead atoms. The first-order chi connectivity index (χ1) is 8.20. The zero-order valence-corrected chi connectivity index (χ0v) is 10.1. The molecule has 1 heterocycles. The molecule has 17 heavy (non-hydrogen) atoms. The van der Waals surface area contributed by atoms with E-state index in [0.29, 0.717) is 6.61 Å². The van der Waals surface area contributed by atoms with E-state index < -0.39 is 0 Å². The van der Waals surface area contributed by atoms with Gasteiger partial charge in [-0.25, -0.2) is 0 Å². The average molecular weight is 232 g/mol. The minimum Gasteiger partial charge on any atom is -0.508 e. The molecule has 2 aromatic rings. The van der Waals surface area contributed by atoms with Crippen molar-refractivity contribution in [2.75, 3.05) is 13.7 Å². The summed E-state index contributed by atoms with van der Waals surface area (Å²) in [6.07, 6.45) is 3.81. The van der Waals surface area contributed by atoms with Crippen molar-refractivity contribution in [2.45, 2.75) is 13.5 Å². The molecule has 0 aliphatic carbocycles. The summed E-state index contributed by atoms with van der Waals surface area (Å²) in [7, 11) is 1.68. The van der Waals surface area contributed by atoms with Crippen LogP contribution in [0.2, 0.25) is 0 Å². The van der Waals surface area contributed by atoms with E-state index in [-0.39, 0.29) is 5.75 Å². The average Bonchev–Trinajstić information content (AvgIpc) is 2.75. The summed E-state index contributed by atoms with van der Waals surface area (Å²) in [6.45, 7) is 3.37. The van der Waals surface area contributed by atoms with Crippen LogP contribution >= 0.6 is 0 Å². The number of aromatic nitrogens is 2. The second-order valence-electron chi connectivity index (χ2n) is 3.98. The van der Waals surface area contributed by atoms with E-state index in [1.807, 2.05) is 30.1 Å². The van der Waals surface area contributed by atoms with Crippen LogP contribution in [0.5, 0.6) is 5.75 Å². The van der Waals surface area contributed by atoms with Gasteiger partial charge in [0.05, 0.1) is 19.3 Å². The Hall–Kier alpha value is -1.81. The van der Waals surface area contributed by atoms with Crippen LogP contribution < -0.4 is 0 Å². The van der Waals surface area contributed by atoms with Gasteiger partial charge in [0.15, 0.2) is 0 Å². The van der Waals surface area contributed by atoms with Gasteiger partial charge in [-0.3, -0.25) is 4.68 Å². The summed E-state index contributed by atoms with van der Waals surface area (Å²) < 4.78 is 6.86. The maximum absolute atomic E-state index is 9.37. The van der Waals surface area contributed by atoms with Gasteiger partial charge in [-0.2, -0.15) is 5.10 Å². The second kappa shape index (κ2) is 5.01. The third kappa shape index (κ3) is 2.65. The molecule has 0 aliphatic rings. The molecule has 0 saturated heterocycles. The zero-order chi connectivity index (χ0) is 12.3. The van der Waals surface area contributed by atoms with Crippen LogP contribution in [0.15, 0.2) is 30.6 Å². The number of rotatable bonds is 4. The highest BCUT2D eigenvalue weighted by atomic mass is 16.5.